The predicted molar refractivity (Wildman–Crippen MR) is 55.7 cm³/mol. The van der Waals surface area contributed by atoms with E-state index in [1.165, 1.54) is 12.1 Å². The van der Waals surface area contributed by atoms with Gasteiger partial charge in [-0.15, -0.1) is 0 Å². The zero-order valence-electron chi connectivity index (χ0n) is 8.59. The van der Waals surface area contributed by atoms with Crippen LogP contribution in [0.2, 0.25) is 0 Å². The highest BCUT2D eigenvalue weighted by Gasteiger charge is 1.99. The lowest BCUT2D eigenvalue weighted by molar-refractivity contribution is 0.134. The third-order valence-electron chi connectivity index (χ3n) is 1.74. The summed E-state index contributed by atoms with van der Waals surface area (Å²) in [5, 5.41) is 8.52. The van der Waals surface area contributed by atoms with Gasteiger partial charge in [-0.3, -0.25) is 0 Å². The lowest BCUT2D eigenvalue weighted by Crippen LogP contribution is -1.94. The molecule has 0 aliphatic heterocycles. The Morgan fingerprint density at radius 3 is 2.87 bits per heavy atom. The van der Waals surface area contributed by atoms with Crippen LogP contribution in [0.4, 0.5) is 4.39 Å². The molecule has 0 amide bonds. The van der Waals surface area contributed by atoms with Crippen molar-refractivity contribution in [2.75, 3.05) is 13.2 Å². The lowest BCUT2D eigenvalue weighted by Gasteiger charge is -2.02. The van der Waals surface area contributed by atoms with Crippen molar-refractivity contribution >= 4 is 0 Å². The molecule has 1 rings (SSSR count). The van der Waals surface area contributed by atoms with Gasteiger partial charge in [0.05, 0.1) is 6.61 Å². The van der Waals surface area contributed by atoms with Crippen LogP contribution >= 0.6 is 0 Å². The Kier molecular flexibility index (Phi) is 4.82. The van der Waals surface area contributed by atoms with Gasteiger partial charge in [0.2, 0.25) is 0 Å². The van der Waals surface area contributed by atoms with E-state index in [2.05, 4.69) is 11.8 Å². The highest BCUT2D eigenvalue weighted by atomic mass is 19.1. The van der Waals surface area contributed by atoms with Crippen molar-refractivity contribution in [3.63, 3.8) is 0 Å². The second kappa shape index (κ2) is 6.18. The minimum Gasteiger partial charge on any atom is -0.384 e. The van der Waals surface area contributed by atoms with E-state index >= 15 is 0 Å². The second-order valence-corrected chi connectivity index (χ2v) is 2.95. The molecule has 0 spiro atoms. The molecule has 0 aliphatic rings. The van der Waals surface area contributed by atoms with E-state index in [0.29, 0.717) is 18.8 Å². The van der Waals surface area contributed by atoms with E-state index < -0.39 is 0 Å². The molecule has 1 aromatic rings. The van der Waals surface area contributed by atoms with E-state index in [1.54, 1.807) is 6.07 Å². The van der Waals surface area contributed by atoms with Crippen molar-refractivity contribution in [1.82, 2.24) is 0 Å². The first-order valence-corrected chi connectivity index (χ1v) is 4.73. The molecule has 0 aromatic heterocycles. The highest BCUT2D eigenvalue weighted by Crippen LogP contribution is 2.09. The van der Waals surface area contributed by atoms with Gasteiger partial charge in [-0.2, -0.15) is 0 Å². The van der Waals surface area contributed by atoms with E-state index in [1.807, 2.05) is 6.92 Å². The number of ether oxygens (including phenoxy) is 1. The summed E-state index contributed by atoms with van der Waals surface area (Å²) in [6.45, 7) is 2.62. The Hall–Kier alpha value is -1.37. The molecule has 0 saturated carbocycles. The average molecular weight is 208 g/mol. The Labute approximate surface area is 88.7 Å². The molecule has 0 radical (unpaired) electrons. The largest absolute Gasteiger partial charge is 0.384 e. The van der Waals surface area contributed by atoms with E-state index in [4.69, 9.17) is 9.84 Å². The molecular weight excluding hydrogens is 195 g/mol. The molecule has 0 heterocycles. The molecule has 15 heavy (non-hydrogen) atoms. The summed E-state index contributed by atoms with van der Waals surface area (Å²) in [7, 11) is 0. The predicted octanol–water partition coefficient (Wildman–Crippen LogP) is 1.71. The SMILES string of the molecule is CCOCc1cc(F)cc(C#CCO)c1. The molecule has 1 N–H and O–H groups in total. The third-order valence-corrected chi connectivity index (χ3v) is 1.74. The first kappa shape index (κ1) is 11.7. The van der Waals surface area contributed by atoms with Crippen LogP contribution in [0.5, 0.6) is 0 Å². The van der Waals surface area contributed by atoms with Gasteiger partial charge in [0.25, 0.3) is 0 Å². The number of aliphatic hydroxyl groups excluding tert-OH is 1. The van der Waals surface area contributed by atoms with Crippen molar-refractivity contribution < 1.29 is 14.2 Å². The maximum atomic E-state index is 13.1. The molecule has 0 fully saturated rings. The summed E-state index contributed by atoms with van der Waals surface area (Å²) in [4.78, 5) is 0. The van der Waals surface area contributed by atoms with Crippen molar-refractivity contribution in [3.05, 3.63) is 35.1 Å². The molecule has 0 bridgehead atoms. The van der Waals surface area contributed by atoms with Crippen molar-refractivity contribution in [1.29, 1.82) is 0 Å². The van der Waals surface area contributed by atoms with Gasteiger partial charge in [-0.1, -0.05) is 11.8 Å². The number of aliphatic hydroxyl groups is 1. The average Bonchev–Trinajstić information content (AvgIpc) is 2.23. The molecular formula is C12H13FO2. The lowest BCUT2D eigenvalue weighted by atomic mass is 10.1. The first-order valence-electron chi connectivity index (χ1n) is 4.73. The summed E-state index contributed by atoms with van der Waals surface area (Å²) in [5.74, 6) is 4.79. The Bertz CT molecular complexity index is 377. The number of rotatable bonds is 3. The highest BCUT2D eigenvalue weighted by molar-refractivity contribution is 5.37. The summed E-state index contributed by atoms with van der Waals surface area (Å²) < 4.78 is 18.3. The number of halogens is 1. The number of hydrogen-bond donors (Lipinski definition) is 1. The van der Waals surface area contributed by atoms with Gasteiger partial charge in [-0.25, -0.2) is 4.39 Å². The van der Waals surface area contributed by atoms with E-state index in [-0.39, 0.29) is 12.4 Å². The van der Waals surface area contributed by atoms with Crippen molar-refractivity contribution in [2.45, 2.75) is 13.5 Å². The van der Waals surface area contributed by atoms with Crippen LogP contribution in [0, 0.1) is 17.7 Å². The Morgan fingerprint density at radius 2 is 2.20 bits per heavy atom. The maximum absolute atomic E-state index is 13.1. The van der Waals surface area contributed by atoms with Gasteiger partial charge in [0, 0.05) is 12.2 Å². The second-order valence-electron chi connectivity index (χ2n) is 2.95. The summed E-state index contributed by atoms with van der Waals surface area (Å²) >= 11 is 0. The normalized spacial score (nSPS) is 9.53. The summed E-state index contributed by atoms with van der Waals surface area (Å²) in [6, 6.07) is 4.50. The Morgan fingerprint density at radius 1 is 1.40 bits per heavy atom. The van der Waals surface area contributed by atoms with Gasteiger partial charge in [0.15, 0.2) is 0 Å². The molecule has 0 saturated heterocycles. The van der Waals surface area contributed by atoms with Crippen LogP contribution < -0.4 is 0 Å². The van der Waals surface area contributed by atoms with E-state index in [9.17, 15) is 4.39 Å². The van der Waals surface area contributed by atoms with Crippen molar-refractivity contribution in [2.24, 2.45) is 0 Å². The first-order chi connectivity index (χ1) is 7.26. The monoisotopic (exact) mass is 208 g/mol. The minimum absolute atomic E-state index is 0.225. The summed E-state index contributed by atoms with van der Waals surface area (Å²) in [6.07, 6.45) is 0. The third kappa shape index (κ3) is 4.11. The van der Waals surface area contributed by atoms with E-state index in [0.717, 1.165) is 5.56 Å². The Balaban J connectivity index is 2.84. The fraction of sp³-hybridized carbons (Fsp3) is 0.333. The van der Waals surface area contributed by atoms with Crippen LogP contribution in [0.15, 0.2) is 18.2 Å². The zero-order chi connectivity index (χ0) is 11.1. The molecule has 3 heteroatoms. The van der Waals surface area contributed by atoms with Crippen LogP contribution in [-0.4, -0.2) is 18.3 Å². The van der Waals surface area contributed by atoms with Gasteiger partial charge in [0.1, 0.15) is 12.4 Å². The zero-order valence-corrected chi connectivity index (χ0v) is 8.59. The molecule has 2 nitrogen and oxygen atoms in total. The fourth-order valence-corrected chi connectivity index (χ4v) is 1.17. The summed E-state index contributed by atoms with van der Waals surface area (Å²) in [5.41, 5.74) is 1.30. The molecule has 0 aliphatic carbocycles. The fourth-order valence-electron chi connectivity index (χ4n) is 1.17. The maximum Gasteiger partial charge on any atom is 0.124 e. The molecule has 0 unspecified atom stereocenters. The van der Waals surface area contributed by atoms with Gasteiger partial charge < -0.3 is 9.84 Å². The van der Waals surface area contributed by atoms with Gasteiger partial charge >= 0.3 is 0 Å². The smallest absolute Gasteiger partial charge is 0.124 e. The topological polar surface area (TPSA) is 29.5 Å². The standard InChI is InChI=1S/C12H13FO2/c1-2-15-9-11-6-10(4-3-5-14)7-12(13)8-11/h6-8,14H,2,5,9H2,1H3. The number of benzene rings is 1. The molecule has 80 valence electrons. The van der Waals surface area contributed by atoms with Crippen LogP contribution in [0.3, 0.4) is 0 Å². The van der Waals surface area contributed by atoms with Crippen LogP contribution in [-0.2, 0) is 11.3 Å². The molecule has 1 aromatic carbocycles. The van der Waals surface area contributed by atoms with Crippen molar-refractivity contribution in [3.8, 4) is 11.8 Å². The van der Waals surface area contributed by atoms with Crippen LogP contribution in [0.1, 0.15) is 18.1 Å². The van der Waals surface area contributed by atoms with Gasteiger partial charge in [-0.05, 0) is 30.7 Å². The minimum atomic E-state index is -0.338. The number of hydrogen-bond acceptors (Lipinski definition) is 2. The quantitative estimate of drug-likeness (QED) is 0.766. The molecule has 0 atom stereocenters. The van der Waals surface area contributed by atoms with Crippen LogP contribution in [0.25, 0.3) is 0 Å².